The first-order valence-corrected chi connectivity index (χ1v) is 7.78. The molecule has 0 saturated heterocycles. The Bertz CT molecular complexity index is 720. The molecular formula is C17H20ClN3O2. The van der Waals surface area contributed by atoms with Gasteiger partial charge < -0.3 is 5.32 Å². The lowest BCUT2D eigenvalue weighted by molar-refractivity contribution is 0.0826. The van der Waals surface area contributed by atoms with Gasteiger partial charge in [-0.2, -0.15) is 5.10 Å². The van der Waals surface area contributed by atoms with Gasteiger partial charge in [0.25, 0.3) is 5.91 Å². The summed E-state index contributed by atoms with van der Waals surface area (Å²) in [7, 11) is 1.70. The van der Waals surface area contributed by atoms with Gasteiger partial charge in [-0.05, 0) is 43.2 Å². The average molecular weight is 334 g/mol. The van der Waals surface area contributed by atoms with Crippen LogP contribution in [0.2, 0.25) is 5.02 Å². The summed E-state index contributed by atoms with van der Waals surface area (Å²) >= 11 is 5.85. The van der Waals surface area contributed by atoms with Crippen molar-refractivity contribution in [3.63, 3.8) is 0 Å². The molecule has 23 heavy (non-hydrogen) atoms. The van der Waals surface area contributed by atoms with Gasteiger partial charge in [0.15, 0.2) is 5.78 Å². The van der Waals surface area contributed by atoms with E-state index < -0.39 is 6.04 Å². The van der Waals surface area contributed by atoms with E-state index in [2.05, 4.69) is 10.4 Å². The number of nitrogens with zero attached hydrogens (tertiary/aromatic N) is 2. The first kappa shape index (κ1) is 17.2. The lowest BCUT2D eigenvalue weighted by Crippen LogP contribution is -2.45. The van der Waals surface area contributed by atoms with Crippen molar-refractivity contribution in [2.75, 3.05) is 0 Å². The number of carbonyl (C=O) groups excluding carboxylic acids is 2. The molecule has 1 N–H and O–H groups in total. The van der Waals surface area contributed by atoms with Crippen molar-refractivity contribution >= 4 is 23.3 Å². The highest BCUT2D eigenvalue weighted by Gasteiger charge is 2.26. The average Bonchev–Trinajstić information content (AvgIpc) is 2.83. The molecule has 2 rings (SSSR count). The van der Waals surface area contributed by atoms with E-state index in [4.69, 9.17) is 11.6 Å². The second-order valence-electron chi connectivity index (χ2n) is 5.86. The summed E-state index contributed by atoms with van der Waals surface area (Å²) < 4.78 is 1.51. The Morgan fingerprint density at radius 3 is 2.30 bits per heavy atom. The van der Waals surface area contributed by atoms with Crippen molar-refractivity contribution in [2.24, 2.45) is 13.0 Å². The SMILES string of the molecule is Cc1cc(C(=O)NC(C(=O)c2ccc(Cl)cc2)C(C)C)n(C)n1. The standard InChI is InChI=1S/C17H20ClN3O2/c1-10(2)15(16(22)12-5-7-13(18)8-6-12)19-17(23)14-9-11(3)20-21(14)4/h5-10,15H,1-4H3,(H,19,23). The molecule has 2 aromatic rings. The maximum atomic E-state index is 12.7. The van der Waals surface area contributed by atoms with Crippen LogP contribution < -0.4 is 5.32 Å². The second-order valence-corrected chi connectivity index (χ2v) is 6.30. The molecule has 1 heterocycles. The van der Waals surface area contributed by atoms with Crippen LogP contribution in [0.4, 0.5) is 0 Å². The molecule has 122 valence electrons. The number of hydrogen-bond donors (Lipinski definition) is 1. The van der Waals surface area contributed by atoms with Crippen LogP contribution in [-0.2, 0) is 7.05 Å². The van der Waals surface area contributed by atoms with Gasteiger partial charge in [-0.3, -0.25) is 14.3 Å². The Labute approximate surface area is 140 Å². The monoisotopic (exact) mass is 333 g/mol. The number of nitrogens with one attached hydrogen (secondary N) is 1. The summed E-state index contributed by atoms with van der Waals surface area (Å²) in [5.41, 5.74) is 1.70. The lowest BCUT2D eigenvalue weighted by atomic mass is 9.95. The van der Waals surface area contributed by atoms with Gasteiger partial charge in [0.1, 0.15) is 5.69 Å². The van der Waals surface area contributed by atoms with Crippen molar-refractivity contribution in [2.45, 2.75) is 26.8 Å². The van der Waals surface area contributed by atoms with E-state index in [1.54, 1.807) is 37.4 Å². The second kappa shape index (κ2) is 6.96. The summed E-state index contributed by atoms with van der Waals surface area (Å²) in [4.78, 5) is 25.1. The number of amides is 1. The molecular weight excluding hydrogens is 314 g/mol. The molecule has 6 heteroatoms. The smallest absolute Gasteiger partial charge is 0.270 e. The summed E-state index contributed by atoms with van der Waals surface area (Å²) in [6, 6.07) is 7.75. The van der Waals surface area contributed by atoms with Crippen molar-refractivity contribution in [3.05, 3.63) is 52.3 Å². The summed E-state index contributed by atoms with van der Waals surface area (Å²) in [6.07, 6.45) is 0. The Morgan fingerprint density at radius 2 is 1.83 bits per heavy atom. The Morgan fingerprint density at radius 1 is 1.22 bits per heavy atom. The maximum absolute atomic E-state index is 12.7. The lowest BCUT2D eigenvalue weighted by Gasteiger charge is -2.21. The molecule has 0 fully saturated rings. The van der Waals surface area contributed by atoms with Gasteiger partial charge in [0.05, 0.1) is 11.7 Å². The highest BCUT2D eigenvalue weighted by molar-refractivity contribution is 6.30. The number of aromatic nitrogens is 2. The Balaban J connectivity index is 2.21. The van der Waals surface area contributed by atoms with Gasteiger partial charge in [0, 0.05) is 17.6 Å². The van der Waals surface area contributed by atoms with Crippen LogP contribution in [0, 0.1) is 12.8 Å². The van der Waals surface area contributed by atoms with Crippen molar-refractivity contribution < 1.29 is 9.59 Å². The maximum Gasteiger partial charge on any atom is 0.270 e. The van der Waals surface area contributed by atoms with E-state index in [9.17, 15) is 9.59 Å². The zero-order valence-electron chi connectivity index (χ0n) is 13.6. The fraction of sp³-hybridized carbons (Fsp3) is 0.353. The first-order valence-electron chi connectivity index (χ1n) is 7.41. The highest BCUT2D eigenvalue weighted by Crippen LogP contribution is 2.15. The molecule has 0 aliphatic heterocycles. The van der Waals surface area contributed by atoms with Crippen LogP contribution in [-0.4, -0.2) is 27.5 Å². The molecule has 0 saturated carbocycles. The summed E-state index contributed by atoms with van der Waals surface area (Å²) in [5, 5.41) is 7.54. The van der Waals surface area contributed by atoms with Gasteiger partial charge in [-0.25, -0.2) is 0 Å². The Hall–Kier alpha value is -2.14. The minimum Gasteiger partial charge on any atom is -0.340 e. The topological polar surface area (TPSA) is 64.0 Å². The Kier molecular flexibility index (Phi) is 5.21. The van der Waals surface area contributed by atoms with E-state index >= 15 is 0 Å². The predicted molar refractivity (Wildman–Crippen MR) is 89.8 cm³/mol. The molecule has 1 aromatic carbocycles. The van der Waals surface area contributed by atoms with Gasteiger partial charge in [-0.1, -0.05) is 25.4 Å². The van der Waals surface area contributed by atoms with E-state index in [-0.39, 0.29) is 17.6 Å². The molecule has 0 aliphatic carbocycles. The summed E-state index contributed by atoms with van der Waals surface area (Å²) in [5.74, 6) is -0.491. The van der Waals surface area contributed by atoms with Crippen molar-refractivity contribution in [1.29, 1.82) is 0 Å². The van der Waals surface area contributed by atoms with Crippen LogP contribution in [0.15, 0.2) is 30.3 Å². The number of carbonyl (C=O) groups is 2. The van der Waals surface area contributed by atoms with Crippen LogP contribution in [0.5, 0.6) is 0 Å². The normalized spacial score (nSPS) is 12.3. The van der Waals surface area contributed by atoms with Crippen LogP contribution in [0.25, 0.3) is 0 Å². The van der Waals surface area contributed by atoms with Crippen molar-refractivity contribution in [1.82, 2.24) is 15.1 Å². The third-order valence-electron chi connectivity index (χ3n) is 3.60. The van der Waals surface area contributed by atoms with Crippen LogP contribution in [0.1, 0.15) is 40.4 Å². The van der Waals surface area contributed by atoms with E-state index in [0.717, 1.165) is 5.69 Å². The molecule has 0 spiro atoms. The predicted octanol–water partition coefficient (Wildman–Crippen LogP) is 3.02. The number of aryl methyl sites for hydroxylation is 2. The van der Waals surface area contributed by atoms with Crippen LogP contribution in [0.3, 0.4) is 0 Å². The number of hydrogen-bond acceptors (Lipinski definition) is 3. The quantitative estimate of drug-likeness (QED) is 0.855. The number of benzene rings is 1. The molecule has 1 atom stereocenters. The molecule has 1 aromatic heterocycles. The fourth-order valence-electron chi connectivity index (χ4n) is 2.37. The minimum atomic E-state index is -0.612. The number of ketones is 1. The molecule has 0 radical (unpaired) electrons. The molecule has 0 bridgehead atoms. The molecule has 1 amide bonds. The number of halogens is 1. The number of Topliss-reactive ketones (excluding diaryl/α,β-unsaturated/α-hetero) is 1. The minimum absolute atomic E-state index is 0.0450. The zero-order valence-corrected chi connectivity index (χ0v) is 14.4. The van der Waals surface area contributed by atoms with E-state index in [1.165, 1.54) is 4.68 Å². The first-order chi connectivity index (χ1) is 10.8. The van der Waals surface area contributed by atoms with Gasteiger partial charge in [0.2, 0.25) is 0 Å². The third-order valence-corrected chi connectivity index (χ3v) is 3.85. The largest absolute Gasteiger partial charge is 0.340 e. The molecule has 5 nitrogen and oxygen atoms in total. The van der Waals surface area contributed by atoms with E-state index in [0.29, 0.717) is 16.3 Å². The van der Waals surface area contributed by atoms with E-state index in [1.807, 2.05) is 20.8 Å². The molecule has 1 unspecified atom stereocenters. The van der Waals surface area contributed by atoms with Gasteiger partial charge in [-0.15, -0.1) is 0 Å². The zero-order chi connectivity index (χ0) is 17.1. The fourth-order valence-corrected chi connectivity index (χ4v) is 2.49. The number of rotatable bonds is 5. The van der Waals surface area contributed by atoms with Crippen LogP contribution >= 0.6 is 11.6 Å². The summed E-state index contributed by atoms with van der Waals surface area (Å²) in [6.45, 7) is 5.61. The van der Waals surface area contributed by atoms with Gasteiger partial charge >= 0.3 is 0 Å². The molecule has 0 aliphatic rings. The van der Waals surface area contributed by atoms with Crippen molar-refractivity contribution in [3.8, 4) is 0 Å². The third kappa shape index (κ3) is 3.99. The highest BCUT2D eigenvalue weighted by atomic mass is 35.5.